The van der Waals surface area contributed by atoms with E-state index in [2.05, 4.69) is 5.16 Å². The number of aryl methyl sites for hydroxylation is 2. The average Bonchev–Trinajstić information content (AvgIpc) is 3.16. The van der Waals surface area contributed by atoms with Gasteiger partial charge in [-0.25, -0.2) is 0 Å². The normalized spacial score (nSPS) is 20.2. The van der Waals surface area contributed by atoms with Crippen molar-refractivity contribution in [2.24, 2.45) is 5.92 Å². The minimum absolute atomic E-state index is 0.00700. The molecule has 1 fully saturated rings. The van der Waals surface area contributed by atoms with Crippen LogP contribution in [0.25, 0.3) is 0 Å². The van der Waals surface area contributed by atoms with Crippen LogP contribution in [0.4, 0.5) is 0 Å². The largest absolute Gasteiger partial charge is 0.391 e. The molecule has 134 valence electrons. The SMILES string of the molecule is Cc1cc(C[C@@H]2CN(C(=O)CCCc3ccc(Cl)cc3)C[C@H]2O)on1. The Kier molecular flexibility index (Phi) is 5.76. The molecule has 1 aromatic carbocycles. The summed E-state index contributed by atoms with van der Waals surface area (Å²) in [4.78, 5) is 14.2. The van der Waals surface area contributed by atoms with Crippen LogP contribution in [0.5, 0.6) is 0 Å². The van der Waals surface area contributed by atoms with E-state index in [0.29, 0.717) is 25.9 Å². The zero-order valence-corrected chi connectivity index (χ0v) is 15.1. The lowest BCUT2D eigenvalue weighted by Gasteiger charge is -2.15. The number of hydrogen-bond donors (Lipinski definition) is 1. The molecular formula is C19H23ClN2O3. The molecule has 6 heteroatoms. The van der Waals surface area contributed by atoms with Gasteiger partial charge in [-0.2, -0.15) is 0 Å². The Hall–Kier alpha value is -1.85. The monoisotopic (exact) mass is 362 g/mol. The van der Waals surface area contributed by atoms with Gasteiger partial charge in [0.15, 0.2) is 0 Å². The van der Waals surface area contributed by atoms with Gasteiger partial charge in [0.25, 0.3) is 0 Å². The molecule has 2 heterocycles. The number of halogens is 1. The Morgan fingerprint density at radius 3 is 2.80 bits per heavy atom. The van der Waals surface area contributed by atoms with Gasteiger partial charge in [0.1, 0.15) is 5.76 Å². The predicted octanol–water partition coefficient (Wildman–Crippen LogP) is 3.02. The van der Waals surface area contributed by atoms with Crippen LogP contribution < -0.4 is 0 Å². The van der Waals surface area contributed by atoms with Gasteiger partial charge in [0.2, 0.25) is 5.91 Å². The first-order valence-corrected chi connectivity index (χ1v) is 9.01. The fourth-order valence-electron chi connectivity index (χ4n) is 3.28. The van der Waals surface area contributed by atoms with Crippen LogP contribution in [0, 0.1) is 12.8 Å². The lowest BCUT2D eigenvalue weighted by molar-refractivity contribution is -0.130. The van der Waals surface area contributed by atoms with E-state index in [1.54, 1.807) is 4.90 Å². The van der Waals surface area contributed by atoms with Crippen molar-refractivity contribution in [2.75, 3.05) is 13.1 Å². The van der Waals surface area contributed by atoms with Crippen molar-refractivity contribution in [1.29, 1.82) is 0 Å². The molecule has 0 unspecified atom stereocenters. The van der Waals surface area contributed by atoms with Gasteiger partial charge in [-0.15, -0.1) is 0 Å². The number of benzene rings is 1. The number of rotatable bonds is 6. The van der Waals surface area contributed by atoms with Gasteiger partial charge >= 0.3 is 0 Å². The van der Waals surface area contributed by atoms with Crippen molar-refractivity contribution in [3.63, 3.8) is 0 Å². The molecule has 0 saturated carbocycles. The van der Waals surface area contributed by atoms with Gasteiger partial charge in [-0.3, -0.25) is 4.79 Å². The van der Waals surface area contributed by atoms with E-state index in [1.165, 1.54) is 5.56 Å². The summed E-state index contributed by atoms with van der Waals surface area (Å²) in [5, 5.41) is 14.8. The highest BCUT2D eigenvalue weighted by molar-refractivity contribution is 6.30. The molecule has 3 rings (SSSR count). The summed E-state index contributed by atoms with van der Waals surface area (Å²) in [5.41, 5.74) is 2.01. The third-order valence-corrected chi connectivity index (χ3v) is 4.92. The van der Waals surface area contributed by atoms with Gasteiger partial charge in [-0.05, 0) is 37.5 Å². The first-order chi connectivity index (χ1) is 12.0. The zero-order chi connectivity index (χ0) is 17.8. The van der Waals surface area contributed by atoms with Crippen molar-refractivity contribution in [1.82, 2.24) is 10.1 Å². The number of aliphatic hydroxyl groups is 1. The maximum absolute atomic E-state index is 12.4. The number of carbonyl (C=O) groups is 1. The fourth-order valence-corrected chi connectivity index (χ4v) is 3.41. The molecule has 1 N–H and O–H groups in total. The first kappa shape index (κ1) is 18.0. The lowest BCUT2D eigenvalue weighted by atomic mass is 10.0. The highest BCUT2D eigenvalue weighted by atomic mass is 35.5. The Labute approximate surface area is 152 Å². The third kappa shape index (κ3) is 4.83. The summed E-state index contributed by atoms with van der Waals surface area (Å²) in [6, 6.07) is 9.59. The summed E-state index contributed by atoms with van der Waals surface area (Å²) in [6.07, 6.45) is 2.23. The minimum atomic E-state index is -0.509. The van der Waals surface area contributed by atoms with E-state index in [9.17, 15) is 9.90 Å². The van der Waals surface area contributed by atoms with E-state index in [1.807, 2.05) is 37.3 Å². The number of aromatic nitrogens is 1. The number of carbonyl (C=O) groups excluding carboxylic acids is 1. The van der Waals surface area contributed by atoms with E-state index in [4.69, 9.17) is 16.1 Å². The van der Waals surface area contributed by atoms with Gasteiger partial charge < -0.3 is 14.5 Å². The molecular weight excluding hydrogens is 340 g/mol. The Bertz CT molecular complexity index is 714. The number of amides is 1. The smallest absolute Gasteiger partial charge is 0.222 e. The van der Waals surface area contributed by atoms with Crippen molar-refractivity contribution >= 4 is 17.5 Å². The second-order valence-electron chi connectivity index (χ2n) is 6.74. The van der Waals surface area contributed by atoms with Gasteiger partial charge in [0, 0.05) is 42.9 Å². The maximum atomic E-state index is 12.4. The summed E-state index contributed by atoms with van der Waals surface area (Å²) >= 11 is 5.87. The molecule has 0 spiro atoms. The van der Waals surface area contributed by atoms with Crippen molar-refractivity contribution in [3.05, 3.63) is 52.4 Å². The van der Waals surface area contributed by atoms with Crippen LogP contribution in [0.15, 0.2) is 34.9 Å². The maximum Gasteiger partial charge on any atom is 0.222 e. The molecule has 2 atom stereocenters. The molecule has 0 radical (unpaired) electrons. The quantitative estimate of drug-likeness (QED) is 0.857. The molecule has 5 nitrogen and oxygen atoms in total. The molecule has 1 saturated heterocycles. The van der Waals surface area contributed by atoms with E-state index in [0.717, 1.165) is 29.3 Å². The van der Waals surface area contributed by atoms with Crippen molar-refractivity contribution in [2.45, 2.75) is 38.7 Å². The van der Waals surface area contributed by atoms with Crippen LogP contribution in [-0.2, 0) is 17.6 Å². The van der Waals surface area contributed by atoms with E-state index < -0.39 is 6.10 Å². The molecule has 1 aliphatic heterocycles. The lowest BCUT2D eigenvalue weighted by Crippen LogP contribution is -2.29. The van der Waals surface area contributed by atoms with Gasteiger partial charge in [0.05, 0.1) is 11.8 Å². The Morgan fingerprint density at radius 2 is 2.12 bits per heavy atom. The summed E-state index contributed by atoms with van der Waals surface area (Å²) < 4.78 is 5.22. The number of hydrogen-bond acceptors (Lipinski definition) is 4. The van der Waals surface area contributed by atoms with Crippen molar-refractivity contribution < 1.29 is 14.4 Å². The third-order valence-electron chi connectivity index (χ3n) is 4.67. The summed E-state index contributed by atoms with van der Waals surface area (Å²) in [7, 11) is 0. The molecule has 1 amide bonds. The van der Waals surface area contributed by atoms with Crippen LogP contribution in [-0.4, -0.2) is 40.3 Å². The molecule has 1 aromatic heterocycles. The summed E-state index contributed by atoms with van der Waals surface area (Å²) in [5.74, 6) is 0.871. The van der Waals surface area contributed by atoms with Gasteiger partial charge in [-0.1, -0.05) is 28.9 Å². The molecule has 0 aliphatic carbocycles. The molecule has 25 heavy (non-hydrogen) atoms. The number of aliphatic hydroxyl groups excluding tert-OH is 1. The van der Waals surface area contributed by atoms with E-state index in [-0.39, 0.29) is 11.8 Å². The zero-order valence-electron chi connectivity index (χ0n) is 14.3. The highest BCUT2D eigenvalue weighted by Crippen LogP contribution is 2.23. The average molecular weight is 363 g/mol. The molecule has 2 aromatic rings. The number of β-amino-alcohol motifs (C(OH)–C–C–N with tert-alkyl or cyclic N) is 1. The number of likely N-dealkylation sites (tertiary alicyclic amines) is 1. The van der Waals surface area contributed by atoms with E-state index >= 15 is 0 Å². The Balaban J connectivity index is 1.45. The van der Waals surface area contributed by atoms with Crippen LogP contribution in [0.3, 0.4) is 0 Å². The minimum Gasteiger partial charge on any atom is -0.391 e. The molecule has 0 bridgehead atoms. The Morgan fingerprint density at radius 1 is 1.36 bits per heavy atom. The second-order valence-corrected chi connectivity index (χ2v) is 7.18. The van der Waals surface area contributed by atoms with Crippen LogP contribution in [0.2, 0.25) is 5.02 Å². The first-order valence-electron chi connectivity index (χ1n) is 8.64. The molecule has 1 aliphatic rings. The fraction of sp³-hybridized carbons (Fsp3) is 0.474. The van der Waals surface area contributed by atoms with Crippen LogP contribution in [0.1, 0.15) is 29.9 Å². The summed E-state index contributed by atoms with van der Waals surface area (Å²) in [6.45, 7) is 2.84. The standard InChI is InChI=1S/C19H23ClN2O3/c1-13-9-17(25-21-13)10-15-11-22(12-18(15)23)19(24)4-2-3-14-5-7-16(20)8-6-14/h5-9,15,18,23H,2-4,10-12H2,1H3/t15-,18-/m1/s1. The predicted molar refractivity (Wildman–Crippen MR) is 95.4 cm³/mol. The second kappa shape index (κ2) is 8.02. The highest BCUT2D eigenvalue weighted by Gasteiger charge is 2.34. The van der Waals surface area contributed by atoms with Crippen molar-refractivity contribution in [3.8, 4) is 0 Å². The number of nitrogens with zero attached hydrogens (tertiary/aromatic N) is 2. The van der Waals surface area contributed by atoms with Crippen LogP contribution >= 0.6 is 11.6 Å². The topological polar surface area (TPSA) is 66.6 Å².